The molecule has 1 N–H and O–H groups in total. The Morgan fingerprint density at radius 2 is 2.16 bits per heavy atom. The zero-order valence-corrected chi connectivity index (χ0v) is 12.4. The SMILES string of the molecule is O=C(NCC(Br)C1CC1)C1CCOc2ccccc21. The fourth-order valence-electron chi connectivity index (χ4n) is 2.56. The number of nitrogens with one attached hydrogen (secondary N) is 1. The zero-order chi connectivity index (χ0) is 13.2. The third kappa shape index (κ3) is 2.94. The summed E-state index contributed by atoms with van der Waals surface area (Å²) in [5.41, 5.74) is 1.02. The van der Waals surface area contributed by atoms with Crippen LogP contribution in [0.15, 0.2) is 24.3 Å². The predicted octanol–water partition coefficient (Wildman–Crippen LogP) is 2.84. The lowest BCUT2D eigenvalue weighted by Gasteiger charge is -2.25. The van der Waals surface area contributed by atoms with E-state index in [-0.39, 0.29) is 11.8 Å². The molecule has 0 aromatic heterocycles. The maximum atomic E-state index is 12.3. The second-order valence-electron chi connectivity index (χ2n) is 5.33. The molecule has 1 aromatic rings. The number of alkyl halides is 1. The van der Waals surface area contributed by atoms with E-state index in [0.717, 1.165) is 30.2 Å². The number of ether oxygens (including phenoxy) is 1. The van der Waals surface area contributed by atoms with Gasteiger partial charge in [-0.05, 0) is 31.2 Å². The van der Waals surface area contributed by atoms with Gasteiger partial charge in [-0.2, -0.15) is 0 Å². The molecule has 1 aliphatic carbocycles. The van der Waals surface area contributed by atoms with Crippen molar-refractivity contribution in [2.45, 2.75) is 30.0 Å². The molecule has 0 saturated heterocycles. The van der Waals surface area contributed by atoms with E-state index in [4.69, 9.17) is 4.74 Å². The van der Waals surface area contributed by atoms with Crippen molar-refractivity contribution in [2.24, 2.45) is 5.92 Å². The van der Waals surface area contributed by atoms with Crippen LogP contribution in [0.2, 0.25) is 0 Å². The molecule has 1 saturated carbocycles. The molecule has 2 atom stereocenters. The van der Waals surface area contributed by atoms with Gasteiger partial charge in [0.1, 0.15) is 5.75 Å². The third-order valence-electron chi connectivity index (χ3n) is 3.88. The van der Waals surface area contributed by atoms with Gasteiger partial charge in [-0.25, -0.2) is 0 Å². The van der Waals surface area contributed by atoms with Crippen molar-refractivity contribution in [3.05, 3.63) is 29.8 Å². The highest BCUT2D eigenvalue weighted by atomic mass is 79.9. The first-order valence-electron chi connectivity index (χ1n) is 6.89. The highest BCUT2D eigenvalue weighted by molar-refractivity contribution is 9.09. The normalized spacial score (nSPS) is 23.1. The summed E-state index contributed by atoms with van der Waals surface area (Å²) in [5, 5.41) is 3.07. The van der Waals surface area contributed by atoms with Crippen molar-refractivity contribution in [1.29, 1.82) is 0 Å². The van der Waals surface area contributed by atoms with Crippen molar-refractivity contribution < 1.29 is 9.53 Å². The summed E-state index contributed by atoms with van der Waals surface area (Å²) in [5.74, 6) is 1.67. The lowest BCUT2D eigenvalue weighted by atomic mass is 9.92. The third-order valence-corrected chi connectivity index (χ3v) is 4.95. The average Bonchev–Trinajstić information content (AvgIpc) is 3.28. The van der Waals surface area contributed by atoms with E-state index < -0.39 is 0 Å². The molecular weight excluding hydrogens is 306 g/mol. The van der Waals surface area contributed by atoms with Gasteiger partial charge < -0.3 is 10.1 Å². The summed E-state index contributed by atoms with van der Waals surface area (Å²) >= 11 is 3.65. The van der Waals surface area contributed by atoms with Crippen LogP contribution in [0, 0.1) is 5.92 Å². The van der Waals surface area contributed by atoms with Gasteiger partial charge in [-0.3, -0.25) is 4.79 Å². The van der Waals surface area contributed by atoms with Crippen molar-refractivity contribution in [1.82, 2.24) is 5.32 Å². The Bertz CT molecular complexity index is 473. The Kier molecular flexibility index (Phi) is 3.78. The number of amides is 1. The van der Waals surface area contributed by atoms with Crippen LogP contribution in [0.1, 0.15) is 30.7 Å². The summed E-state index contributed by atoms with van der Waals surface area (Å²) in [4.78, 5) is 12.7. The standard InChI is InChI=1S/C15H18BrNO2/c16-13(10-5-6-10)9-17-15(18)12-7-8-19-14-4-2-1-3-11(12)14/h1-4,10,12-13H,5-9H2,(H,17,18). The molecule has 2 unspecified atom stereocenters. The van der Waals surface area contributed by atoms with Gasteiger partial charge in [0.2, 0.25) is 5.91 Å². The molecule has 3 rings (SSSR count). The minimum atomic E-state index is -0.0659. The van der Waals surface area contributed by atoms with Crippen LogP contribution in [0.25, 0.3) is 0 Å². The van der Waals surface area contributed by atoms with Gasteiger partial charge in [0, 0.05) is 16.9 Å². The molecule has 2 aliphatic rings. The summed E-state index contributed by atoms with van der Waals surface area (Å²) < 4.78 is 5.59. The quantitative estimate of drug-likeness (QED) is 0.865. The van der Waals surface area contributed by atoms with Crippen LogP contribution in [0.5, 0.6) is 5.75 Å². The largest absolute Gasteiger partial charge is 0.493 e. The lowest BCUT2D eigenvalue weighted by molar-refractivity contribution is -0.123. The van der Waals surface area contributed by atoms with Gasteiger partial charge >= 0.3 is 0 Å². The second kappa shape index (κ2) is 5.53. The van der Waals surface area contributed by atoms with Crippen molar-refractivity contribution in [2.75, 3.05) is 13.2 Å². The predicted molar refractivity (Wildman–Crippen MR) is 77.7 cm³/mol. The molecule has 19 heavy (non-hydrogen) atoms. The van der Waals surface area contributed by atoms with Gasteiger partial charge in [0.05, 0.1) is 12.5 Å². The number of halogens is 1. The molecule has 0 bridgehead atoms. The Hall–Kier alpha value is -1.03. The number of rotatable bonds is 4. The highest BCUT2D eigenvalue weighted by Gasteiger charge is 2.31. The van der Waals surface area contributed by atoms with Crippen LogP contribution >= 0.6 is 15.9 Å². The minimum absolute atomic E-state index is 0.0659. The number of benzene rings is 1. The molecule has 4 heteroatoms. The molecular formula is C15H18BrNO2. The maximum Gasteiger partial charge on any atom is 0.227 e. The summed E-state index contributed by atoms with van der Waals surface area (Å²) in [6.45, 7) is 1.35. The van der Waals surface area contributed by atoms with Crippen molar-refractivity contribution in [3.63, 3.8) is 0 Å². The van der Waals surface area contributed by atoms with E-state index in [2.05, 4.69) is 21.2 Å². The van der Waals surface area contributed by atoms with Crippen LogP contribution in [0.4, 0.5) is 0 Å². The number of carbonyl (C=O) groups is 1. The Balaban J connectivity index is 1.63. The molecule has 102 valence electrons. The first kappa shape index (κ1) is 13.0. The monoisotopic (exact) mass is 323 g/mol. The number of fused-ring (bicyclic) bond motifs is 1. The van der Waals surface area contributed by atoms with E-state index >= 15 is 0 Å². The van der Waals surface area contributed by atoms with E-state index in [1.165, 1.54) is 12.8 Å². The summed E-state index contributed by atoms with van der Waals surface area (Å²) in [6.07, 6.45) is 3.33. The first-order chi connectivity index (χ1) is 9.25. The Morgan fingerprint density at radius 1 is 1.37 bits per heavy atom. The van der Waals surface area contributed by atoms with Crippen LogP contribution in [-0.4, -0.2) is 23.9 Å². The topological polar surface area (TPSA) is 38.3 Å². The molecule has 0 radical (unpaired) electrons. The molecule has 1 heterocycles. The van der Waals surface area contributed by atoms with Crippen LogP contribution in [0.3, 0.4) is 0 Å². The number of hydrogen-bond donors (Lipinski definition) is 1. The maximum absolute atomic E-state index is 12.3. The van der Waals surface area contributed by atoms with E-state index in [9.17, 15) is 4.79 Å². The fraction of sp³-hybridized carbons (Fsp3) is 0.533. The van der Waals surface area contributed by atoms with E-state index in [1.807, 2.05) is 24.3 Å². The summed E-state index contributed by atoms with van der Waals surface area (Å²) in [7, 11) is 0. The Labute approximate surface area is 121 Å². The van der Waals surface area contributed by atoms with Crippen molar-refractivity contribution >= 4 is 21.8 Å². The number of hydrogen-bond acceptors (Lipinski definition) is 2. The van der Waals surface area contributed by atoms with Gasteiger partial charge in [0.15, 0.2) is 0 Å². The first-order valence-corrected chi connectivity index (χ1v) is 7.81. The zero-order valence-electron chi connectivity index (χ0n) is 10.8. The minimum Gasteiger partial charge on any atom is -0.493 e. The number of para-hydroxylation sites is 1. The van der Waals surface area contributed by atoms with Crippen LogP contribution in [-0.2, 0) is 4.79 Å². The molecule has 1 fully saturated rings. The lowest BCUT2D eigenvalue weighted by Crippen LogP contribution is -2.36. The van der Waals surface area contributed by atoms with Gasteiger partial charge in [-0.1, -0.05) is 34.1 Å². The molecule has 0 spiro atoms. The highest BCUT2D eigenvalue weighted by Crippen LogP contribution is 2.37. The molecule has 1 aromatic carbocycles. The Morgan fingerprint density at radius 3 is 2.95 bits per heavy atom. The van der Waals surface area contributed by atoms with Gasteiger partial charge in [-0.15, -0.1) is 0 Å². The second-order valence-corrected chi connectivity index (χ2v) is 6.50. The molecule has 1 aliphatic heterocycles. The van der Waals surface area contributed by atoms with E-state index in [1.54, 1.807) is 0 Å². The van der Waals surface area contributed by atoms with Crippen molar-refractivity contribution in [3.8, 4) is 5.75 Å². The average molecular weight is 324 g/mol. The number of carbonyl (C=O) groups excluding carboxylic acids is 1. The van der Waals surface area contributed by atoms with Crippen LogP contribution < -0.4 is 10.1 Å². The molecule has 1 amide bonds. The smallest absolute Gasteiger partial charge is 0.227 e. The summed E-state index contributed by atoms with van der Waals surface area (Å²) in [6, 6.07) is 7.84. The molecule has 3 nitrogen and oxygen atoms in total. The van der Waals surface area contributed by atoms with E-state index in [0.29, 0.717) is 11.4 Å². The van der Waals surface area contributed by atoms with Gasteiger partial charge in [0.25, 0.3) is 0 Å². The fourth-order valence-corrected chi connectivity index (χ4v) is 3.25.